The van der Waals surface area contributed by atoms with Crippen molar-refractivity contribution < 1.29 is 43.1 Å². The Morgan fingerprint density at radius 1 is 1.19 bits per heavy atom. The van der Waals surface area contributed by atoms with Gasteiger partial charge in [-0.25, -0.2) is 17.9 Å². The summed E-state index contributed by atoms with van der Waals surface area (Å²) in [6.45, 7) is 3.40. The smallest absolute Gasteiger partial charge is 0.238 e. The fraction of sp³-hybridized carbons (Fsp3) is 0.609. The molecule has 6 atom stereocenters. The fourth-order valence-corrected chi connectivity index (χ4v) is 5.91. The molecule has 0 spiro atoms. The Morgan fingerprint density at radius 3 is 2.38 bits per heavy atom. The van der Waals surface area contributed by atoms with E-state index in [0.29, 0.717) is 13.1 Å². The van der Waals surface area contributed by atoms with Gasteiger partial charge in [0.15, 0.2) is 17.5 Å². The van der Waals surface area contributed by atoms with Crippen LogP contribution in [0.4, 0.5) is 13.2 Å². The summed E-state index contributed by atoms with van der Waals surface area (Å²) in [7, 11) is 0. The Labute approximate surface area is 215 Å². The molecule has 204 valence electrons. The highest BCUT2D eigenvalue weighted by Gasteiger charge is 2.49. The molecule has 0 bridgehead atoms. The minimum absolute atomic E-state index is 0.0629. The van der Waals surface area contributed by atoms with E-state index in [1.54, 1.807) is 4.90 Å². The number of carbonyl (C=O) groups is 1. The van der Waals surface area contributed by atoms with E-state index in [4.69, 9.17) is 4.74 Å². The minimum atomic E-state index is -1.64. The first kappa shape index (κ1) is 27.8. The number of benzene rings is 1. The number of aliphatic hydroxyl groups is 4. The van der Waals surface area contributed by atoms with Gasteiger partial charge in [-0.2, -0.15) is 0 Å². The van der Waals surface area contributed by atoms with Gasteiger partial charge in [0.1, 0.15) is 40.7 Å². The largest absolute Gasteiger partial charge is 0.394 e. The molecule has 0 aliphatic carbocycles. The van der Waals surface area contributed by atoms with Gasteiger partial charge in [0, 0.05) is 18.7 Å². The molecule has 4 N–H and O–H groups in total. The van der Waals surface area contributed by atoms with Crippen molar-refractivity contribution >= 4 is 17.7 Å². The number of carbonyl (C=O) groups excluding carboxylic acids is 1. The van der Waals surface area contributed by atoms with Gasteiger partial charge < -0.3 is 30.1 Å². The molecule has 1 unspecified atom stereocenters. The molecule has 1 amide bonds. The Hall–Kier alpha value is -2.23. The summed E-state index contributed by atoms with van der Waals surface area (Å²) in [4.78, 5) is 14.8. The number of halogens is 3. The van der Waals surface area contributed by atoms with Crippen LogP contribution in [0.3, 0.4) is 0 Å². The lowest BCUT2D eigenvalue weighted by molar-refractivity contribution is -0.179. The Kier molecular flexibility index (Phi) is 8.16. The van der Waals surface area contributed by atoms with E-state index in [-0.39, 0.29) is 17.2 Å². The SMILES string of the molecule is CC(C)(O)C(S[C@@H]1O[C@H](CO)[C@H](O)[C@H](n2cc(-c3cc(F)c(F)c(F)c3)nn2)[C@H]1O)C(=O)N1CCCC1. The summed E-state index contributed by atoms with van der Waals surface area (Å²) < 4.78 is 47.5. The van der Waals surface area contributed by atoms with Gasteiger partial charge in [-0.1, -0.05) is 5.21 Å². The molecule has 2 aliphatic heterocycles. The molecule has 1 aromatic heterocycles. The normalized spacial score (nSPS) is 27.5. The third-order valence-electron chi connectivity index (χ3n) is 6.50. The first-order valence-electron chi connectivity index (χ1n) is 11.8. The van der Waals surface area contributed by atoms with E-state index in [1.165, 1.54) is 20.0 Å². The second kappa shape index (κ2) is 10.9. The van der Waals surface area contributed by atoms with E-state index < -0.39 is 64.7 Å². The van der Waals surface area contributed by atoms with Crippen LogP contribution in [0.2, 0.25) is 0 Å². The molecule has 37 heavy (non-hydrogen) atoms. The number of aliphatic hydroxyl groups excluding tert-OH is 3. The highest BCUT2D eigenvalue weighted by Crippen LogP contribution is 2.40. The quantitative estimate of drug-likeness (QED) is 0.372. The monoisotopic (exact) mass is 546 g/mol. The molecule has 3 heterocycles. The zero-order valence-electron chi connectivity index (χ0n) is 20.2. The van der Waals surface area contributed by atoms with Crippen LogP contribution >= 0.6 is 11.8 Å². The molecular formula is C23H29F3N4O6S. The molecular weight excluding hydrogens is 517 g/mol. The number of amides is 1. The van der Waals surface area contributed by atoms with Gasteiger partial charge in [0.25, 0.3) is 0 Å². The van der Waals surface area contributed by atoms with Gasteiger partial charge in [-0.05, 0) is 38.8 Å². The van der Waals surface area contributed by atoms with Crippen molar-refractivity contribution in [3.63, 3.8) is 0 Å². The van der Waals surface area contributed by atoms with Crippen molar-refractivity contribution in [2.45, 2.75) is 67.3 Å². The second-order valence-electron chi connectivity index (χ2n) is 9.74. The second-order valence-corrected chi connectivity index (χ2v) is 10.9. The molecule has 2 aliphatic rings. The highest BCUT2D eigenvalue weighted by atomic mass is 32.2. The van der Waals surface area contributed by atoms with Crippen LogP contribution in [0, 0.1) is 17.5 Å². The summed E-state index contributed by atoms with van der Waals surface area (Å²) in [6, 6.07) is 0.219. The van der Waals surface area contributed by atoms with E-state index in [1.807, 2.05) is 0 Å². The number of hydrogen-bond acceptors (Lipinski definition) is 9. The van der Waals surface area contributed by atoms with Crippen molar-refractivity contribution in [1.29, 1.82) is 0 Å². The molecule has 10 nitrogen and oxygen atoms in total. The Bertz CT molecular complexity index is 1100. The van der Waals surface area contributed by atoms with Crippen LogP contribution < -0.4 is 0 Å². The summed E-state index contributed by atoms with van der Waals surface area (Å²) in [5.41, 5.74) is -2.86. The van der Waals surface area contributed by atoms with Gasteiger partial charge in [0.2, 0.25) is 5.91 Å². The van der Waals surface area contributed by atoms with Crippen LogP contribution in [0.15, 0.2) is 18.3 Å². The molecule has 0 saturated carbocycles. The average Bonchev–Trinajstić information content (AvgIpc) is 3.54. The third-order valence-corrected chi connectivity index (χ3v) is 8.21. The minimum Gasteiger partial charge on any atom is -0.394 e. The van der Waals surface area contributed by atoms with E-state index in [0.717, 1.165) is 41.4 Å². The van der Waals surface area contributed by atoms with Crippen molar-refractivity contribution in [1.82, 2.24) is 19.9 Å². The topological polar surface area (TPSA) is 141 Å². The van der Waals surface area contributed by atoms with Crippen molar-refractivity contribution in [2.75, 3.05) is 19.7 Å². The number of hydrogen-bond donors (Lipinski definition) is 4. The van der Waals surface area contributed by atoms with Gasteiger partial charge >= 0.3 is 0 Å². The highest BCUT2D eigenvalue weighted by molar-refractivity contribution is 8.01. The predicted octanol–water partition coefficient (Wildman–Crippen LogP) is 0.838. The fourth-order valence-electron chi connectivity index (χ4n) is 4.52. The van der Waals surface area contributed by atoms with Crippen molar-refractivity contribution in [3.05, 3.63) is 35.8 Å². The van der Waals surface area contributed by atoms with Crippen LogP contribution in [0.1, 0.15) is 32.7 Å². The molecule has 2 fully saturated rings. The maximum atomic E-state index is 13.7. The summed E-state index contributed by atoms with van der Waals surface area (Å²) >= 11 is 0.866. The zero-order chi connectivity index (χ0) is 27.1. The lowest BCUT2D eigenvalue weighted by Crippen LogP contribution is -2.57. The van der Waals surface area contributed by atoms with E-state index in [2.05, 4.69) is 10.3 Å². The molecule has 2 aromatic rings. The van der Waals surface area contributed by atoms with Gasteiger partial charge in [0.05, 0.1) is 18.4 Å². The molecule has 4 rings (SSSR count). The van der Waals surface area contributed by atoms with Gasteiger partial charge in [-0.15, -0.1) is 16.9 Å². The molecule has 14 heteroatoms. The molecule has 0 radical (unpaired) electrons. The predicted molar refractivity (Wildman–Crippen MR) is 126 cm³/mol. The maximum Gasteiger partial charge on any atom is 0.238 e. The summed E-state index contributed by atoms with van der Waals surface area (Å²) in [5, 5.41) is 49.2. The first-order chi connectivity index (χ1) is 17.4. The van der Waals surface area contributed by atoms with E-state index in [9.17, 15) is 38.4 Å². The lowest BCUT2D eigenvalue weighted by atomic mass is 9.97. The number of likely N-dealkylation sites (tertiary alicyclic amines) is 1. The van der Waals surface area contributed by atoms with Crippen molar-refractivity contribution in [3.8, 4) is 11.3 Å². The number of thioether (sulfide) groups is 1. The number of rotatable bonds is 7. The van der Waals surface area contributed by atoms with Crippen LogP contribution in [0.25, 0.3) is 11.3 Å². The maximum absolute atomic E-state index is 13.7. The number of ether oxygens (including phenoxy) is 1. The first-order valence-corrected chi connectivity index (χ1v) is 12.7. The van der Waals surface area contributed by atoms with E-state index >= 15 is 0 Å². The average molecular weight is 547 g/mol. The zero-order valence-corrected chi connectivity index (χ0v) is 21.0. The van der Waals surface area contributed by atoms with Crippen LogP contribution in [-0.4, -0.2) is 101 Å². The standard InChI is InChI=1S/C23H29F3N4O6S/c1-23(2,35)20(21(34)29-5-3-4-6-29)37-22-19(33)17(18(32)15(10-31)36-22)30-9-14(27-28-30)11-7-12(24)16(26)13(25)8-11/h7-9,15,17-20,22,31-33,35H,3-6,10H2,1-2H3/t15-,17+,18+,19-,20?,22+/m1/s1. The Balaban J connectivity index is 1.62. The number of nitrogens with zero attached hydrogens (tertiary/aromatic N) is 4. The van der Waals surface area contributed by atoms with Crippen LogP contribution in [-0.2, 0) is 9.53 Å². The third kappa shape index (κ3) is 5.64. The summed E-state index contributed by atoms with van der Waals surface area (Å²) in [5.74, 6) is -4.81. The summed E-state index contributed by atoms with van der Waals surface area (Å²) in [6.07, 6.45) is -1.29. The van der Waals surface area contributed by atoms with Gasteiger partial charge in [-0.3, -0.25) is 4.79 Å². The van der Waals surface area contributed by atoms with Crippen LogP contribution in [0.5, 0.6) is 0 Å². The van der Waals surface area contributed by atoms with Crippen molar-refractivity contribution in [2.24, 2.45) is 0 Å². The molecule has 1 aromatic carbocycles. The Morgan fingerprint density at radius 2 is 1.81 bits per heavy atom. The number of aromatic nitrogens is 3. The molecule has 2 saturated heterocycles. The lowest BCUT2D eigenvalue weighted by Gasteiger charge is -2.43.